The van der Waals surface area contributed by atoms with Crippen LogP contribution in [-0.2, 0) is 10.0 Å². The van der Waals surface area contributed by atoms with Crippen LogP contribution < -0.4 is 5.32 Å². The topological polar surface area (TPSA) is 62.3 Å². The second-order valence-electron chi connectivity index (χ2n) is 5.72. The third-order valence-electron chi connectivity index (χ3n) is 3.70. The van der Waals surface area contributed by atoms with Gasteiger partial charge in [-0.3, -0.25) is 4.98 Å². The van der Waals surface area contributed by atoms with Crippen molar-refractivity contribution in [2.24, 2.45) is 5.92 Å². The summed E-state index contributed by atoms with van der Waals surface area (Å²) >= 11 is 0. The molecule has 7 heteroatoms. The van der Waals surface area contributed by atoms with E-state index >= 15 is 0 Å². The van der Waals surface area contributed by atoms with Crippen molar-refractivity contribution in [1.29, 1.82) is 0 Å². The molecule has 5 nitrogen and oxygen atoms in total. The molecule has 1 aliphatic heterocycles. The summed E-state index contributed by atoms with van der Waals surface area (Å²) in [4.78, 5) is 3.56. The number of aromatic nitrogens is 1. The quantitative estimate of drug-likeness (QED) is 0.897. The summed E-state index contributed by atoms with van der Waals surface area (Å²) in [6.07, 6.45) is 4.27. The smallest absolute Gasteiger partial charge is 0.244 e. The van der Waals surface area contributed by atoms with Crippen LogP contribution in [0.25, 0.3) is 0 Å². The number of nitrogens with one attached hydrogen (secondary N) is 1. The van der Waals surface area contributed by atoms with Gasteiger partial charge in [-0.05, 0) is 51.8 Å². The highest BCUT2D eigenvalue weighted by atomic mass is 32.2. The first-order valence-corrected chi connectivity index (χ1v) is 8.68. The molecule has 0 spiro atoms. The first kappa shape index (κ1) is 16.3. The van der Waals surface area contributed by atoms with E-state index in [1.54, 1.807) is 0 Å². The minimum atomic E-state index is -3.72. The molecule has 0 amide bonds. The number of pyridine rings is 1. The minimum Gasteiger partial charge on any atom is -0.316 e. The molecule has 0 bridgehead atoms. The lowest BCUT2D eigenvalue weighted by Gasteiger charge is -2.31. The number of hydrogen-bond donors (Lipinski definition) is 1. The molecule has 1 aromatic rings. The third kappa shape index (κ3) is 3.99. The van der Waals surface area contributed by atoms with Gasteiger partial charge < -0.3 is 5.32 Å². The predicted molar refractivity (Wildman–Crippen MR) is 78.8 cm³/mol. The SMILES string of the molecule is CC(C)N(CC1CCCNC1)S(=O)(=O)c1cncc(F)c1. The molecule has 1 unspecified atom stereocenters. The first-order chi connectivity index (χ1) is 9.91. The molecule has 1 N–H and O–H groups in total. The summed E-state index contributed by atoms with van der Waals surface area (Å²) in [7, 11) is -3.72. The Morgan fingerprint density at radius 3 is 2.81 bits per heavy atom. The van der Waals surface area contributed by atoms with Crippen molar-refractivity contribution >= 4 is 10.0 Å². The van der Waals surface area contributed by atoms with Crippen molar-refractivity contribution in [3.8, 4) is 0 Å². The van der Waals surface area contributed by atoms with Crippen LogP contribution in [0.5, 0.6) is 0 Å². The van der Waals surface area contributed by atoms with Gasteiger partial charge in [0, 0.05) is 18.8 Å². The third-order valence-corrected chi connectivity index (χ3v) is 5.71. The molecule has 0 aromatic carbocycles. The fourth-order valence-corrected chi connectivity index (χ4v) is 4.28. The van der Waals surface area contributed by atoms with Gasteiger partial charge in [0.25, 0.3) is 0 Å². The van der Waals surface area contributed by atoms with E-state index in [2.05, 4.69) is 10.3 Å². The average Bonchev–Trinajstić information content (AvgIpc) is 2.45. The van der Waals surface area contributed by atoms with Crippen LogP contribution in [-0.4, -0.2) is 43.4 Å². The number of halogens is 1. The van der Waals surface area contributed by atoms with Crippen LogP contribution in [0.2, 0.25) is 0 Å². The highest BCUT2D eigenvalue weighted by molar-refractivity contribution is 7.89. The molecular formula is C14H22FN3O2S. The molecule has 1 atom stereocenters. The van der Waals surface area contributed by atoms with Crippen LogP contribution in [0, 0.1) is 11.7 Å². The van der Waals surface area contributed by atoms with E-state index in [1.165, 1.54) is 10.5 Å². The predicted octanol–water partition coefficient (Wildman–Crippen LogP) is 1.62. The Morgan fingerprint density at radius 2 is 2.24 bits per heavy atom. The Kier molecular flexibility index (Phi) is 5.29. The zero-order chi connectivity index (χ0) is 15.5. The molecular weight excluding hydrogens is 293 g/mol. The Hall–Kier alpha value is -1.05. The monoisotopic (exact) mass is 315 g/mol. The van der Waals surface area contributed by atoms with Gasteiger partial charge in [-0.2, -0.15) is 4.31 Å². The van der Waals surface area contributed by atoms with E-state index < -0.39 is 15.8 Å². The molecule has 2 rings (SSSR count). The van der Waals surface area contributed by atoms with Crippen LogP contribution in [0.15, 0.2) is 23.4 Å². The lowest BCUT2D eigenvalue weighted by molar-refractivity contribution is 0.263. The Balaban J connectivity index is 2.23. The average molecular weight is 315 g/mol. The largest absolute Gasteiger partial charge is 0.316 e. The number of sulfonamides is 1. The zero-order valence-corrected chi connectivity index (χ0v) is 13.2. The summed E-state index contributed by atoms with van der Waals surface area (Å²) < 4.78 is 40.1. The summed E-state index contributed by atoms with van der Waals surface area (Å²) in [6, 6.07) is 0.844. The molecule has 118 valence electrons. The Morgan fingerprint density at radius 1 is 1.48 bits per heavy atom. The van der Waals surface area contributed by atoms with Crippen molar-refractivity contribution in [3.05, 3.63) is 24.3 Å². The summed E-state index contributed by atoms with van der Waals surface area (Å²) in [5.41, 5.74) is 0. The fraction of sp³-hybridized carbons (Fsp3) is 0.643. The van der Waals surface area contributed by atoms with E-state index in [1.807, 2.05) is 13.8 Å². The van der Waals surface area contributed by atoms with Crippen molar-refractivity contribution in [1.82, 2.24) is 14.6 Å². The van der Waals surface area contributed by atoms with Crippen molar-refractivity contribution in [2.75, 3.05) is 19.6 Å². The summed E-state index contributed by atoms with van der Waals surface area (Å²) in [5, 5.41) is 3.29. The maximum atomic E-state index is 13.3. The molecule has 1 aromatic heterocycles. The molecule has 21 heavy (non-hydrogen) atoms. The lowest BCUT2D eigenvalue weighted by atomic mass is 9.99. The molecule has 0 aliphatic carbocycles. The number of nitrogens with zero attached hydrogens (tertiary/aromatic N) is 2. The normalized spacial score (nSPS) is 20.1. The molecule has 1 aliphatic rings. The standard InChI is InChI=1S/C14H22FN3O2S/c1-11(2)18(10-12-4-3-5-16-7-12)21(19,20)14-6-13(15)8-17-9-14/h6,8-9,11-12,16H,3-5,7,10H2,1-2H3. The molecule has 1 fully saturated rings. The zero-order valence-electron chi connectivity index (χ0n) is 12.4. The highest BCUT2D eigenvalue weighted by Crippen LogP contribution is 2.22. The molecule has 0 radical (unpaired) electrons. The summed E-state index contributed by atoms with van der Waals surface area (Å²) in [6.45, 7) is 5.92. The van der Waals surface area contributed by atoms with Gasteiger partial charge in [0.1, 0.15) is 10.7 Å². The fourth-order valence-electron chi connectivity index (χ4n) is 2.59. The van der Waals surface area contributed by atoms with Crippen molar-refractivity contribution in [3.63, 3.8) is 0 Å². The van der Waals surface area contributed by atoms with E-state index in [0.717, 1.165) is 38.2 Å². The number of piperidine rings is 1. The first-order valence-electron chi connectivity index (χ1n) is 7.24. The lowest BCUT2D eigenvalue weighted by Crippen LogP contribution is -2.44. The van der Waals surface area contributed by atoms with Crippen LogP contribution in [0.1, 0.15) is 26.7 Å². The minimum absolute atomic E-state index is 0.0834. The Labute approximate surface area is 125 Å². The van der Waals surface area contributed by atoms with E-state index in [4.69, 9.17) is 0 Å². The van der Waals surface area contributed by atoms with Crippen LogP contribution in [0.4, 0.5) is 4.39 Å². The maximum absolute atomic E-state index is 13.3. The highest BCUT2D eigenvalue weighted by Gasteiger charge is 2.30. The van der Waals surface area contributed by atoms with Gasteiger partial charge in [0.2, 0.25) is 10.0 Å². The Bertz CT molecular complexity index is 571. The van der Waals surface area contributed by atoms with Gasteiger partial charge in [0.15, 0.2) is 0 Å². The van der Waals surface area contributed by atoms with Crippen molar-refractivity contribution in [2.45, 2.75) is 37.6 Å². The van der Waals surface area contributed by atoms with Crippen LogP contribution in [0.3, 0.4) is 0 Å². The van der Waals surface area contributed by atoms with Gasteiger partial charge in [-0.1, -0.05) is 0 Å². The molecule has 0 saturated carbocycles. The molecule has 1 saturated heterocycles. The van der Waals surface area contributed by atoms with E-state index in [0.29, 0.717) is 6.54 Å². The number of hydrogen-bond acceptors (Lipinski definition) is 4. The molecule has 2 heterocycles. The van der Waals surface area contributed by atoms with Gasteiger partial charge in [-0.15, -0.1) is 0 Å². The summed E-state index contributed by atoms with van der Waals surface area (Å²) in [5.74, 6) is -0.350. The van der Waals surface area contributed by atoms with Gasteiger partial charge in [-0.25, -0.2) is 12.8 Å². The van der Waals surface area contributed by atoms with Crippen LogP contribution >= 0.6 is 0 Å². The van der Waals surface area contributed by atoms with Gasteiger partial charge >= 0.3 is 0 Å². The second-order valence-corrected chi connectivity index (χ2v) is 7.61. The van der Waals surface area contributed by atoms with Crippen molar-refractivity contribution < 1.29 is 12.8 Å². The van der Waals surface area contributed by atoms with E-state index in [-0.39, 0.29) is 16.9 Å². The van der Waals surface area contributed by atoms with Gasteiger partial charge in [0.05, 0.1) is 6.20 Å². The second kappa shape index (κ2) is 6.81. The van der Waals surface area contributed by atoms with E-state index in [9.17, 15) is 12.8 Å². The maximum Gasteiger partial charge on any atom is 0.244 e. The number of rotatable bonds is 5.